The molecule has 2 nitrogen and oxygen atoms in total. The predicted octanol–water partition coefficient (Wildman–Crippen LogP) is 3.05. The van der Waals surface area contributed by atoms with Gasteiger partial charge in [-0.15, -0.1) is 11.3 Å². The number of aromatic nitrogens is 1. The molecule has 1 saturated carbocycles. The molecule has 0 spiro atoms. The Kier molecular flexibility index (Phi) is 3.42. The van der Waals surface area contributed by atoms with Crippen molar-refractivity contribution in [2.45, 2.75) is 57.4 Å². The van der Waals surface area contributed by atoms with Crippen LogP contribution in [0.3, 0.4) is 0 Å². The molecule has 1 fully saturated rings. The van der Waals surface area contributed by atoms with Crippen LogP contribution in [0.15, 0.2) is 5.38 Å². The Bertz CT molecular complexity index is 311. The lowest BCUT2D eigenvalue weighted by molar-refractivity contribution is 0.366. The molecule has 2 N–H and O–H groups in total. The molecule has 3 heteroatoms. The lowest BCUT2D eigenvalue weighted by Gasteiger charge is -2.27. The maximum absolute atomic E-state index is 6.46. The van der Waals surface area contributed by atoms with Crippen LogP contribution in [0.2, 0.25) is 0 Å². The molecule has 0 bridgehead atoms. The third kappa shape index (κ3) is 3.02. The number of hydrogen-bond donors (Lipinski definition) is 1. The molecular weight excluding hydrogens is 204 g/mol. The van der Waals surface area contributed by atoms with E-state index in [0.29, 0.717) is 0 Å². The molecule has 2 rings (SSSR count). The van der Waals surface area contributed by atoms with E-state index in [1.54, 1.807) is 11.3 Å². The number of nitrogens with zero attached hydrogens (tertiary/aromatic N) is 1. The van der Waals surface area contributed by atoms with Gasteiger partial charge in [-0.3, -0.25) is 0 Å². The molecular formula is C12H20N2S. The topological polar surface area (TPSA) is 38.9 Å². The molecule has 1 aromatic heterocycles. The second kappa shape index (κ2) is 4.62. The summed E-state index contributed by atoms with van der Waals surface area (Å²) in [5.74, 6) is 0. The van der Waals surface area contributed by atoms with Crippen LogP contribution >= 0.6 is 11.3 Å². The average molecular weight is 224 g/mol. The van der Waals surface area contributed by atoms with Gasteiger partial charge in [0.2, 0.25) is 0 Å². The highest BCUT2D eigenvalue weighted by molar-refractivity contribution is 7.09. The van der Waals surface area contributed by atoms with Crippen molar-refractivity contribution in [3.05, 3.63) is 16.1 Å². The Morgan fingerprint density at radius 3 is 2.53 bits per heavy atom. The van der Waals surface area contributed by atoms with Crippen LogP contribution in [-0.2, 0) is 6.42 Å². The Morgan fingerprint density at radius 1 is 1.33 bits per heavy atom. The van der Waals surface area contributed by atoms with Crippen LogP contribution in [0.4, 0.5) is 0 Å². The maximum atomic E-state index is 6.46. The van der Waals surface area contributed by atoms with Crippen molar-refractivity contribution < 1.29 is 0 Å². The van der Waals surface area contributed by atoms with Crippen molar-refractivity contribution in [2.24, 2.45) is 5.73 Å². The lowest BCUT2D eigenvalue weighted by Crippen LogP contribution is -2.41. The molecule has 1 aromatic rings. The first-order chi connectivity index (χ1) is 7.18. The Hall–Kier alpha value is -0.410. The van der Waals surface area contributed by atoms with Crippen LogP contribution in [0.1, 0.15) is 49.2 Å². The van der Waals surface area contributed by atoms with Gasteiger partial charge in [-0.05, 0) is 19.8 Å². The van der Waals surface area contributed by atoms with Gasteiger partial charge in [0.05, 0.1) is 10.7 Å². The SMILES string of the molecule is Cc1nc(CC2(N)CCCCCC2)cs1. The number of thiazole rings is 1. The first-order valence-corrected chi connectivity index (χ1v) is 6.76. The molecule has 0 saturated heterocycles. The second-order valence-electron chi connectivity index (χ2n) is 4.81. The zero-order valence-electron chi connectivity index (χ0n) is 9.46. The minimum absolute atomic E-state index is 0.0248. The molecule has 1 aliphatic rings. The number of hydrogen-bond acceptors (Lipinski definition) is 3. The first-order valence-electron chi connectivity index (χ1n) is 5.88. The van der Waals surface area contributed by atoms with Crippen LogP contribution in [0.5, 0.6) is 0 Å². The first kappa shape index (κ1) is 11.1. The zero-order valence-corrected chi connectivity index (χ0v) is 10.3. The summed E-state index contributed by atoms with van der Waals surface area (Å²) < 4.78 is 0. The summed E-state index contributed by atoms with van der Waals surface area (Å²) in [6.45, 7) is 2.06. The summed E-state index contributed by atoms with van der Waals surface area (Å²) >= 11 is 1.73. The summed E-state index contributed by atoms with van der Waals surface area (Å²) in [6, 6.07) is 0. The highest BCUT2D eigenvalue weighted by Gasteiger charge is 2.27. The normalized spacial score (nSPS) is 21.2. The molecule has 0 radical (unpaired) electrons. The molecule has 1 aliphatic carbocycles. The van der Waals surface area contributed by atoms with E-state index in [1.165, 1.54) is 44.2 Å². The minimum atomic E-state index is 0.0248. The van der Waals surface area contributed by atoms with Gasteiger partial charge in [-0.1, -0.05) is 25.7 Å². The Balaban J connectivity index is 2.02. The third-order valence-electron chi connectivity index (χ3n) is 3.30. The molecule has 0 aliphatic heterocycles. The van der Waals surface area contributed by atoms with Crippen molar-refractivity contribution in [1.82, 2.24) is 4.98 Å². The van der Waals surface area contributed by atoms with E-state index in [2.05, 4.69) is 17.3 Å². The van der Waals surface area contributed by atoms with Crippen LogP contribution < -0.4 is 5.73 Å². The van der Waals surface area contributed by atoms with Gasteiger partial charge in [0, 0.05) is 17.3 Å². The quantitative estimate of drug-likeness (QED) is 0.784. The fourth-order valence-electron chi connectivity index (χ4n) is 2.46. The molecule has 0 atom stereocenters. The van der Waals surface area contributed by atoms with Gasteiger partial charge >= 0.3 is 0 Å². The number of nitrogens with two attached hydrogens (primary N) is 1. The van der Waals surface area contributed by atoms with Crippen LogP contribution in [-0.4, -0.2) is 10.5 Å². The largest absolute Gasteiger partial charge is 0.325 e. The van der Waals surface area contributed by atoms with Gasteiger partial charge in [0.15, 0.2) is 0 Å². The Morgan fingerprint density at radius 2 is 2.00 bits per heavy atom. The van der Waals surface area contributed by atoms with Gasteiger partial charge < -0.3 is 5.73 Å². The highest BCUT2D eigenvalue weighted by Crippen LogP contribution is 2.28. The van der Waals surface area contributed by atoms with Crippen molar-refractivity contribution in [1.29, 1.82) is 0 Å². The second-order valence-corrected chi connectivity index (χ2v) is 5.87. The summed E-state index contributed by atoms with van der Waals surface area (Å²) in [6.07, 6.45) is 8.60. The van der Waals surface area contributed by atoms with E-state index in [-0.39, 0.29) is 5.54 Å². The van der Waals surface area contributed by atoms with E-state index in [0.717, 1.165) is 11.4 Å². The van der Waals surface area contributed by atoms with Gasteiger partial charge in [-0.2, -0.15) is 0 Å². The molecule has 1 heterocycles. The van der Waals surface area contributed by atoms with Crippen LogP contribution in [0, 0.1) is 6.92 Å². The van der Waals surface area contributed by atoms with E-state index in [9.17, 15) is 0 Å². The van der Waals surface area contributed by atoms with Gasteiger partial charge in [-0.25, -0.2) is 4.98 Å². The van der Waals surface area contributed by atoms with E-state index >= 15 is 0 Å². The van der Waals surface area contributed by atoms with Gasteiger partial charge in [0.1, 0.15) is 0 Å². The van der Waals surface area contributed by atoms with Crippen molar-refractivity contribution >= 4 is 11.3 Å². The number of aryl methyl sites for hydroxylation is 1. The van der Waals surface area contributed by atoms with Crippen LogP contribution in [0.25, 0.3) is 0 Å². The predicted molar refractivity (Wildman–Crippen MR) is 65.2 cm³/mol. The van der Waals surface area contributed by atoms with E-state index < -0.39 is 0 Å². The zero-order chi connectivity index (χ0) is 10.7. The van der Waals surface area contributed by atoms with Gasteiger partial charge in [0.25, 0.3) is 0 Å². The fourth-order valence-corrected chi connectivity index (χ4v) is 3.07. The number of rotatable bonds is 2. The molecule has 0 unspecified atom stereocenters. The molecule has 84 valence electrons. The summed E-state index contributed by atoms with van der Waals surface area (Å²) in [4.78, 5) is 4.52. The third-order valence-corrected chi connectivity index (χ3v) is 4.12. The van der Waals surface area contributed by atoms with E-state index in [4.69, 9.17) is 5.73 Å². The smallest absolute Gasteiger partial charge is 0.0897 e. The molecule has 0 amide bonds. The van der Waals surface area contributed by atoms with Crippen molar-refractivity contribution in [2.75, 3.05) is 0 Å². The molecule has 0 aromatic carbocycles. The fraction of sp³-hybridized carbons (Fsp3) is 0.750. The summed E-state index contributed by atoms with van der Waals surface area (Å²) in [7, 11) is 0. The highest BCUT2D eigenvalue weighted by atomic mass is 32.1. The molecule has 15 heavy (non-hydrogen) atoms. The monoisotopic (exact) mass is 224 g/mol. The maximum Gasteiger partial charge on any atom is 0.0897 e. The lowest BCUT2D eigenvalue weighted by atomic mass is 9.87. The summed E-state index contributed by atoms with van der Waals surface area (Å²) in [5, 5.41) is 3.32. The van der Waals surface area contributed by atoms with E-state index in [1.807, 2.05) is 0 Å². The van der Waals surface area contributed by atoms with Crippen molar-refractivity contribution in [3.63, 3.8) is 0 Å². The average Bonchev–Trinajstić information content (AvgIpc) is 2.46. The van der Waals surface area contributed by atoms with Crippen molar-refractivity contribution in [3.8, 4) is 0 Å². The Labute approximate surface area is 95.9 Å². The summed E-state index contributed by atoms with van der Waals surface area (Å²) in [5.41, 5.74) is 7.69. The standard InChI is InChI=1S/C12H20N2S/c1-10-14-11(9-15-10)8-12(13)6-4-2-3-5-7-12/h9H,2-8,13H2,1H3. The minimum Gasteiger partial charge on any atom is -0.325 e.